The standard InChI is InChI=1S/C12H10F2N4O3/c13-8-3-1-2-7(10(8)14)11(19)15-4-5-18-6-9(12(20)21)16-17-18/h1-3,6H,4-5H2,(H,15,19)(H,20,21). The normalized spacial score (nSPS) is 10.4. The third-order valence-corrected chi connectivity index (χ3v) is 2.58. The molecule has 0 saturated heterocycles. The molecule has 110 valence electrons. The fourth-order valence-corrected chi connectivity index (χ4v) is 1.56. The van der Waals surface area contributed by atoms with Crippen LogP contribution in [0.2, 0.25) is 0 Å². The number of nitrogens with one attached hydrogen (secondary N) is 1. The molecule has 0 unspecified atom stereocenters. The Morgan fingerprint density at radius 1 is 1.33 bits per heavy atom. The summed E-state index contributed by atoms with van der Waals surface area (Å²) in [5.74, 6) is -4.31. The molecule has 0 aliphatic heterocycles. The smallest absolute Gasteiger partial charge is 0.358 e. The molecule has 0 bridgehead atoms. The summed E-state index contributed by atoms with van der Waals surface area (Å²) >= 11 is 0. The Labute approximate surface area is 117 Å². The first-order valence-electron chi connectivity index (χ1n) is 5.84. The van der Waals surface area contributed by atoms with E-state index in [9.17, 15) is 18.4 Å². The number of benzene rings is 1. The first kappa shape index (κ1) is 14.6. The van der Waals surface area contributed by atoms with Crippen LogP contribution in [0, 0.1) is 11.6 Å². The summed E-state index contributed by atoms with van der Waals surface area (Å²) in [6, 6.07) is 3.30. The maximum absolute atomic E-state index is 13.4. The average molecular weight is 296 g/mol. The van der Waals surface area contributed by atoms with Crippen LogP contribution >= 0.6 is 0 Å². The lowest BCUT2D eigenvalue weighted by atomic mass is 10.2. The van der Waals surface area contributed by atoms with Gasteiger partial charge in [-0.05, 0) is 12.1 Å². The molecule has 0 atom stereocenters. The summed E-state index contributed by atoms with van der Waals surface area (Å²) in [5.41, 5.74) is -0.627. The molecule has 21 heavy (non-hydrogen) atoms. The number of hydrogen-bond donors (Lipinski definition) is 2. The number of amides is 1. The maximum Gasteiger partial charge on any atom is 0.358 e. The Hall–Kier alpha value is -2.84. The van der Waals surface area contributed by atoms with Gasteiger partial charge in [-0.1, -0.05) is 11.3 Å². The van der Waals surface area contributed by atoms with Crippen molar-refractivity contribution in [2.45, 2.75) is 6.54 Å². The number of nitrogens with zero attached hydrogens (tertiary/aromatic N) is 3. The average Bonchev–Trinajstić information content (AvgIpc) is 2.91. The molecule has 2 N–H and O–H groups in total. The Morgan fingerprint density at radius 2 is 2.10 bits per heavy atom. The number of aromatic carboxylic acids is 1. The number of halogens is 2. The Balaban J connectivity index is 1.92. The van der Waals surface area contributed by atoms with Crippen LogP contribution < -0.4 is 5.32 Å². The molecular weight excluding hydrogens is 286 g/mol. The van der Waals surface area contributed by atoms with Crippen molar-refractivity contribution >= 4 is 11.9 Å². The van der Waals surface area contributed by atoms with Crippen LogP contribution in [0.1, 0.15) is 20.8 Å². The number of carbonyl (C=O) groups excluding carboxylic acids is 1. The number of carbonyl (C=O) groups is 2. The third kappa shape index (κ3) is 3.38. The van der Waals surface area contributed by atoms with E-state index in [0.717, 1.165) is 12.1 Å². The number of carboxylic acids is 1. The van der Waals surface area contributed by atoms with Gasteiger partial charge in [0.05, 0.1) is 18.3 Å². The second-order valence-corrected chi connectivity index (χ2v) is 4.03. The van der Waals surface area contributed by atoms with Gasteiger partial charge < -0.3 is 10.4 Å². The minimum Gasteiger partial charge on any atom is -0.476 e. The predicted molar refractivity (Wildman–Crippen MR) is 65.7 cm³/mol. The fourth-order valence-electron chi connectivity index (χ4n) is 1.56. The quantitative estimate of drug-likeness (QED) is 0.846. The third-order valence-electron chi connectivity index (χ3n) is 2.58. The van der Waals surface area contributed by atoms with Gasteiger partial charge in [-0.2, -0.15) is 0 Å². The predicted octanol–water partition coefficient (Wildman–Crippen LogP) is 0.684. The molecular formula is C12H10F2N4O3. The second kappa shape index (κ2) is 6.07. The lowest BCUT2D eigenvalue weighted by molar-refractivity contribution is 0.0690. The van der Waals surface area contributed by atoms with Crippen LogP contribution in [-0.4, -0.2) is 38.5 Å². The van der Waals surface area contributed by atoms with Crippen LogP contribution in [0.15, 0.2) is 24.4 Å². The largest absolute Gasteiger partial charge is 0.476 e. The van der Waals surface area contributed by atoms with E-state index in [1.54, 1.807) is 0 Å². The van der Waals surface area contributed by atoms with Gasteiger partial charge in [-0.3, -0.25) is 4.79 Å². The molecule has 0 spiro atoms. The van der Waals surface area contributed by atoms with Gasteiger partial charge in [0.2, 0.25) is 0 Å². The molecule has 1 aromatic carbocycles. The van der Waals surface area contributed by atoms with Gasteiger partial charge in [0, 0.05) is 6.54 Å². The SMILES string of the molecule is O=C(O)c1cn(CCNC(=O)c2cccc(F)c2F)nn1. The zero-order valence-corrected chi connectivity index (χ0v) is 10.6. The lowest BCUT2D eigenvalue weighted by Gasteiger charge is -2.06. The molecule has 1 heterocycles. The highest BCUT2D eigenvalue weighted by atomic mass is 19.2. The summed E-state index contributed by atoms with van der Waals surface area (Å²) in [6.45, 7) is 0.195. The molecule has 9 heteroatoms. The van der Waals surface area contributed by atoms with Gasteiger partial charge in [-0.15, -0.1) is 5.10 Å². The highest BCUT2D eigenvalue weighted by Gasteiger charge is 2.14. The van der Waals surface area contributed by atoms with E-state index in [1.807, 2.05) is 0 Å². The van der Waals surface area contributed by atoms with E-state index in [0.29, 0.717) is 0 Å². The molecule has 0 aliphatic carbocycles. The van der Waals surface area contributed by atoms with Crippen LogP contribution in [0.4, 0.5) is 8.78 Å². The van der Waals surface area contributed by atoms with Crippen molar-refractivity contribution in [3.63, 3.8) is 0 Å². The van der Waals surface area contributed by atoms with Crippen LogP contribution in [0.25, 0.3) is 0 Å². The van der Waals surface area contributed by atoms with E-state index in [1.165, 1.54) is 16.9 Å². The lowest BCUT2D eigenvalue weighted by Crippen LogP contribution is -2.28. The minimum absolute atomic E-state index is 0.0528. The molecule has 0 radical (unpaired) electrons. The van der Waals surface area contributed by atoms with Crippen molar-refractivity contribution in [1.29, 1.82) is 0 Å². The first-order valence-corrected chi connectivity index (χ1v) is 5.84. The first-order chi connectivity index (χ1) is 9.99. The van der Waals surface area contributed by atoms with E-state index in [4.69, 9.17) is 5.11 Å². The van der Waals surface area contributed by atoms with Crippen LogP contribution in [0.3, 0.4) is 0 Å². The minimum atomic E-state index is -1.22. The van der Waals surface area contributed by atoms with Crippen molar-refractivity contribution in [1.82, 2.24) is 20.3 Å². The highest BCUT2D eigenvalue weighted by Crippen LogP contribution is 2.10. The number of aromatic nitrogens is 3. The summed E-state index contributed by atoms with van der Waals surface area (Å²) in [4.78, 5) is 22.3. The van der Waals surface area contributed by atoms with Crippen molar-refractivity contribution in [2.24, 2.45) is 0 Å². The van der Waals surface area contributed by atoms with E-state index >= 15 is 0 Å². The van der Waals surface area contributed by atoms with Crippen LogP contribution in [0.5, 0.6) is 0 Å². The van der Waals surface area contributed by atoms with Crippen molar-refractivity contribution < 1.29 is 23.5 Å². The molecule has 7 nitrogen and oxygen atoms in total. The Bertz CT molecular complexity index is 687. The van der Waals surface area contributed by atoms with Gasteiger partial charge in [0.25, 0.3) is 5.91 Å². The molecule has 0 aliphatic rings. The van der Waals surface area contributed by atoms with E-state index in [-0.39, 0.29) is 18.8 Å². The molecule has 1 aromatic heterocycles. The van der Waals surface area contributed by atoms with Gasteiger partial charge in [0.1, 0.15) is 0 Å². The molecule has 0 fully saturated rings. The zero-order valence-electron chi connectivity index (χ0n) is 10.6. The van der Waals surface area contributed by atoms with E-state index < -0.39 is 29.1 Å². The topological polar surface area (TPSA) is 97.1 Å². The highest BCUT2D eigenvalue weighted by molar-refractivity contribution is 5.94. The Morgan fingerprint density at radius 3 is 2.76 bits per heavy atom. The monoisotopic (exact) mass is 296 g/mol. The fraction of sp³-hybridized carbons (Fsp3) is 0.167. The zero-order chi connectivity index (χ0) is 15.4. The molecule has 0 saturated carbocycles. The summed E-state index contributed by atoms with van der Waals surface area (Å²) in [6.07, 6.45) is 1.19. The van der Waals surface area contributed by atoms with Gasteiger partial charge in [0.15, 0.2) is 17.3 Å². The number of carboxylic acid groups (broad SMARTS) is 1. The van der Waals surface area contributed by atoms with Crippen LogP contribution in [-0.2, 0) is 6.54 Å². The summed E-state index contributed by atoms with van der Waals surface area (Å²) in [5, 5.41) is 18.0. The summed E-state index contributed by atoms with van der Waals surface area (Å²) in [7, 11) is 0. The number of rotatable bonds is 5. The Kier molecular flexibility index (Phi) is 4.21. The van der Waals surface area contributed by atoms with Crippen molar-refractivity contribution in [3.05, 3.63) is 47.3 Å². The van der Waals surface area contributed by atoms with Gasteiger partial charge >= 0.3 is 5.97 Å². The number of hydrogen-bond acceptors (Lipinski definition) is 4. The molecule has 2 rings (SSSR count). The van der Waals surface area contributed by atoms with E-state index in [2.05, 4.69) is 15.6 Å². The van der Waals surface area contributed by atoms with Crippen molar-refractivity contribution in [2.75, 3.05) is 6.54 Å². The van der Waals surface area contributed by atoms with Crippen molar-refractivity contribution in [3.8, 4) is 0 Å². The van der Waals surface area contributed by atoms with Gasteiger partial charge in [-0.25, -0.2) is 18.3 Å². The maximum atomic E-state index is 13.4. The molecule has 2 aromatic rings. The molecule has 1 amide bonds. The second-order valence-electron chi connectivity index (χ2n) is 4.03. The summed E-state index contributed by atoms with van der Waals surface area (Å²) < 4.78 is 27.6.